The first-order chi connectivity index (χ1) is 7.88. The molecule has 0 fully saturated rings. The molecule has 0 amide bonds. The van der Waals surface area contributed by atoms with E-state index in [0.717, 1.165) is 22.2 Å². The average Bonchev–Trinajstić information content (AvgIpc) is 2.94. The van der Waals surface area contributed by atoms with E-state index in [1.54, 1.807) is 11.3 Å². The fourth-order valence-corrected chi connectivity index (χ4v) is 2.29. The lowest BCUT2D eigenvalue weighted by Crippen LogP contribution is -1.89. The van der Waals surface area contributed by atoms with E-state index < -0.39 is 0 Å². The largest absolute Gasteiger partial charge is 0.365 e. The number of fused-ring (bicyclic) bond motifs is 1. The van der Waals surface area contributed by atoms with Gasteiger partial charge in [0.15, 0.2) is 5.13 Å². The van der Waals surface area contributed by atoms with E-state index in [1.165, 1.54) is 0 Å². The summed E-state index contributed by atoms with van der Waals surface area (Å²) < 4.78 is 2.04. The van der Waals surface area contributed by atoms with Gasteiger partial charge in [-0.05, 0) is 12.1 Å². The van der Waals surface area contributed by atoms with E-state index in [2.05, 4.69) is 15.3 Å². The highest BCUT2D eigenvalue weighted by atomic mass is 32.1. The van der Waals surface area contributed by atoms with Crippen LogP contribution in [0.1, 0.15) is 0 Å². The fourth-order valence-electron chi connectivity index (χ4n) is 1.63. The van der Waals surface area contributed by atoms with E-state index in [-0.39, 0.29) is 0 Å². The van der Waals surface area contributed by atoms with E-state index >= 15 is 0 Å². The summed E-state index contributed by atoms with van der Waals surface area (Å²) in [5, 5.41) is 5.98. The minimum absolute atomic E-state index is 0.917. The minimum atomic E-state index is 0.917. The maximum atomic E-state index is 4.47. The highest BCUT2D eigenvalue weighted by Crippen LogP contribution is 2.24. The Morgan fingerprint density at radius 1 is 1.38 bits per heavy atom. The predicted octanol–water partition coefficient (Wildman–Crippen LogP) is 2.50. The van der Waals surface area contributed by atoms with Crippen molar-refractivity contribution in [3.8, 4) is 11.4 Å². The third-order valence-corrected chi connectivity index (χ3v) is 3.26. The second-order valence-electron chi connectivity index (χ2n) is 3.36. The van der Waals surface area contributed by atoms with Crippen molar-refractivity contribution in [1.29, 1.82) is 0 Å². The van der Waals surface area contributed by atoms with Crippen molar-refractivity contribution < 1.29 is 0 Å². The number of pyridine rings is 1. The van der Waals surface area contributed by atoms with E-state index in [9.17, 15) is 0 Å². The van der Waals surface area contributed by atoms with Crippen molar-refractivity contribution >= 4 is 22.1 Å². The molecule has 3 rings (SSSR count). The molecule has 0 unspecified atom stereocenters. The molecule has 5 heteroatoms. The van der Waals surface area contributed by atoms with E-state index in [1.807, 2.05) is 47.4 Å². The summed E-state index contributed by atoms with van der Waals surface area (Å²) in [4.78, 5) is 8.81. The lowest BCUT2D eigenvalue weighted by molar-refractivity contribution is 1.17. The van der Waals surface area contributed by atoms with Crippen LogP contribution in [-0.4, -0.2) is 21.4 Å². The van der Waals surface area contributed by atoms with Crippen LogP contribution in [0.3, 0.4) is 0 Å². The Hall–Kier alpha value is -1.88. The minimum Gasteiger partial charge on any atom is -0.365 e. The SMILES string of the molecule is CNc1nc(-c2cnc3ccccn23)cs1. The molecule has 16 heavy (non-hydrogen) atoms. The van der Waals surface area contributed by atoms with E-state index in [4.69, 9.17) is 0 Å². The number of anilines is 1. The first-order valence-electron chi connectivity index (χ1n) is 4.94. The number of hydrogen-bond donors (Lipinski definition) is 1. The van der Waals surface area contributed by atoms with Gasteiger partial charge in [0.05, 0.1) is 11.9 Å². The number of nitrogens with zero attached hydrogens (tertiary/aromatic N) is 3. The van der Waals surface area contributed by atoms with Crippen LogP contribution in [0, 0.1) is 0 Å². The van der Waals surface area contributed by atoms with Gasteiger partial charge in [0.1, 0.15) is 11.3 Å². The van der Waals surface area contributed by atoms with Crippen LogP contribution in [0.15, 0.2) is 36.0 Å². The van der Waals surface area contributed by atoms with Crippen LogP contribution in [0.5, 0.6) is 0 Å². The molecule has 0 aliphatic carbocycles. The molecule has 3 aromatic rings. The van der Waals surface area contributed by atoms with Gasteiger partial charge in [-0.3, -0.25) is 4.40 Å². The first-order valence-corrected chi connectivity index (χ1v) is 5.82. The third kappa shape index (κ3) is 1.37. The maximum absolute atomic E-state index is 4.47. The molecule has 0 bridgehead atoms. The Bertz CT molecular complexity index is 625. The van der Waals surface area contributed by atoms with Gasteiger partial charge < -0.3 is 5.32 Å². The van der Waals surface area contributed by atoms with Crippen LogP contribution >= 0.6 is 11.3 Å². The maximum Gasteiger partial charge on any atom is 0.183 e. The van der Waals surface area contributed by atoms with Crippen molar-refractivity contribution in [3.63, 3.8) is 0 Å². The van der Waals surface area contributed by atoms with Crippen LogP contribution in [0.2, 0.25) is 0 Å². The Balaban J connectivity index is 2.18. The molecule has 4 nitrogen and oxygen atoms in total. The summed E-state index contributed by atoms with van der Waals surface area (Å²) in [6.07, 6.45) is 3.85. The fraction of sp³-hybridized carbons (Fsp3) is 0.0909. The smallest absolute Gasteiger partial charge is 0.183 e. The molecule has 0 radical (unpaired) electrons. The van der Waals surface area contributed by atoms with Gasteiger partial charge >= 0.3 is 0 Å². The summed E-state index contributed by atoms with van der Waals surface area (Å²) in [6, 6.07) is 5.95. The molecule has 0 saturated carbocycles. The topological polar surface area (TPSA) is 42.2 Å². The zero-order valence-electron chi connectivity index (χ0n) is 8.71. The van der Waals surface area contributed by atoms with Gasteiger partial charge in [-0.1, -0.05) is 6.07 Å². The molecule has 1 N–H and O–H groups in total. The van der Waals surface area contributed by atoms with Crippen molar-refractivity contribution in [2.75, 3.05) is 12.4 Å². The van der Waals surface area contributed by atoms with Crippen LogP contribution in [0.4, 0.5) is 5.13 Å². The molecule has 0 atom stereocenters. The lowest BCUT2D eigenvalue weighted by Gasteiger charge is -1.96. The highest BCUT2D eigenvalue weighted by molar-refractivity contribution is 7.14. The van der Waals surface area contributed by atoms with Crippen LogP contribution in [0.25, 0.3) is 17.0 Å². The number of hydrogen-bond acceptors (Lipinski definition) is 4. The Morgan fingerprint density at radius 2 is 2.31 bits per heavy atom. The van der Waals surface area contributed by atoms with Gasteiger partial charge in [-0.25, -0.2) is 9.97 Å². The normalized spacial score (nSPS) is 10.8. The van der Waals surface area contributed by atoms with Crippen molar-refractivity contribution in [3.05, 3.63) is 36.0 Å². The quantitative estimate of drug-likeness (QED) is 0.735. The standard InChI is InChI=1S/C11H10N4S/c1-12-11-14-8(7-16-11)9-6-13-10-4-2-3-5-15(9)10/h2-7H,1H3,(H,12,14). The molecular formula is C11H10N4S. The Morgan fingerprint density at radius 3 is 3.12 bits per heavy atom. The number of imidazole rings is 1. The summed E-state index contributed by atoms with van der Waals surface area (Å²) in [6.45, 7) is 0. The molecule has 0 aliphatic rings. The first kappa shape index (κ1) is 9.35. The van der Waals surface area contributed by atoms with Gasteiger partial charge in [0.2, 0.25) is 0 Å². The zero-order chi connectivity index (χ0) is 11.0. The molecule has 3 aromatic heterocycles. The molecular weight excluding hydrogens is 220 g/mol. The predicted molar refractivity (Wildman–Crippen MR) is 65.8 cm³/mol. The Labute approximate surface area is 96.6 Å². The summed E-state index contributed by atoms with van der Waals surface area (Å²) >= 11 is 1.59. The van der Waals surface area contributed by atoms with Crippen molar-refractivity contribution in [2.45, 2.75) is 0 Å². The second-order valence-corrected chi connectivity index (χ2v) is 4.22. The highest BCUT2D eigenvalue weighted by Gasteiger charge is 2.08. The second kappa shape index (κ2) is 3.61. The monoisotopic (exact) mass is 230 g/mol. The molecule has 0 spiro atoms. The summed E-state index contributed by atoms with van der Waals surface area (Å²) in [7, 11) is 1.87. The average molecular weight is 230 g/mol. The summed E-state index contributed by atoms with van der Waals surface area (Å²) in [5.41, 5.74) is 2.91. The number of aromatic nitrogens is 3. The zero-order valence-corrected chi connectivity index (χ0v) is 9.53. The van der Waals surface area contributed by atoms with Gasteiger partial charge in [0, 0.05) is 18.6 Å². The third-order valence-electron chi connectivity index (χ3n) is 2.40. The molecule has 0 aliphatic heterocycles. The van der Waals surface area contributed by atoms with Gasteiger partial charge in [-0.2, -0.15) is 0 Å². The Kier molecular flexibility index (Phi) is 2.11. The molecule has 0 saturated heterocycles. The van der Waals surface area contributed by atoms with Gasteiger partial charge in [0.25, 0.3) is 0 Å². The number of rotatable bonds is 2. The van der Waals surface area contributed by atoms with Crippen LogP contribution < -0.4 is 5.32 Å². The van der Waals surface area contributed by atoms with Crippen molar-refractivity contribution in [1.82, 2.24) is 14.4 Å². The number of thiazole rings is 1. The van der Waals surface area contributed by atoms with Crippen molar-refractivity contribution in [2.24, 2.45) is 0 Å². The summed E-state index contributed by atoms with van der Waals surface area (Å²) in [5.74, 6) is 0. The van der Waals surface area contributed by atoms with Crippen LogP contribution in [-0.2, 0) is 0 Å². The lowest BCUT2D eigenvalue weighted by atomic mass is 10.3. The molecule has 0 aromatic carbocycles. The number of nitrogens with one attached hydrogen (secondary N) is 1. The van der Waals surface area contributed by atoms with E-state index in [0.29, 0.717) is 0 Å². The molecule has 80 valence electrons. The van der Waals surface area contributed by atoms with Gasteiger partial charge in [-0.15, -0.1) is 11.3 Å². The molecule has 3 heterocycles.